The number of nitrogens with zero attached hydrogens (tertiary/aromatic N) is 3. The van der Waals surface area contributed by atoms with Gasteiger partial charge in [0.15, 0.2) is 0 Å². The number of hydrogen-bond acceptors (Lipinski definition) is 3. The number of rotatable bonds is 3. The van der Waals surface area contributed by atoms with Crippen LogP contribution in [0.3, 0.4) is 0 Å². The summed E-state index contributed by atoms with van der Waals surface area (Å²) in [6, 6.07) is 0. The van der Waals surface area contributed by atoms with E-state index in [9.17, 15) is 0 Å². The number of fused-ring (bicyclic) bond motifs is 1. The van der Waals surface area contributed by atoms with Crippen LogP contribution in [0, 0.1) is 5.92 Å². The Morgan fingerprint density at radius 3 is 3.07 bits per heavy atom. The molecule has 2 heterocycles. The van der Waals surface area contributed by atoms with Crippen LogP contribution in [0.25, 0.3) is 0 Å². The van der Waals surface area contributed by atoms with Gasteiger partial charge in [-0.05, 0) is 25.9 Å². The van der Waals surface area contributed by atoms with Crippen molar-refractivity contribution >= 4 is 0 Å². The van der Waals surface area contributed by atoms with E-state index in [2.05, 4.69) is 27.0 Å². The Labute approximate surface area is 84.7 Å². The summed E-state index contributed by atoms with van der Waals surface area (Å²) < 4.78 is 2.30. The van der Waals surface area contributed by atoms with Gasteiger partial charge in [0.05, 0.1) is 0 Å². The number of aromatic nitrogens is 3. The van der Waals surface area contributed by atoms with Crippen LogP contribution in [-0.2, 0) is 19.4 Å². The zero-order valence-electron chi connectivity index (χ0n) is 8.95. The van der Waals surface area contributed by atoms with Crippen molar-refractivity contribution < 1.29 is 0 Å². The van der Waals surface area contributed by atoms with E-state index in [1.165, 1.54) is 12.2 Å². The molecule has 1 aliphatic heterocycles. The smallest absolute Gasteiger partial charge is 0.133 e. The highest BCUT2D eigenvalue weighted by molar-refractivity contribution is 4.99. The molecule has 1 N–H and O–H groups in total. The maximum Gasteiger partial charge on any atom is 0.133 e. The molecule has 0 aliphatic carbocycles. The van der Waals surface area contributed by atoms with Crippen LogP contribution in [-0.4, -0.2) is 28.4 Å². The Balaban J connectivity index is 2.14. The summed E-state index contributed by atoms with van der Waals surface area (Å²) in [7, 11) is 2.02. The lowest BCUT2D eigenvalue weighted by Gasteiger charge is -2.23. The van der Waals surface area contributed by atoms with Crippen molar-refractivity contribution in [3.63, 3.8) is 0 Å². The first-order chi connectivity index (χ1) is 6.85. The Hall–Kier alpha value is -0.900. The van der Waals surface area contributed by atoms with E-state index in [1.54, 1.807) is 0 Å². The van der Waals surface area contributed by atoms with Crippen molar-refractivity contribution in [3.05, 3.63) is 11.6 Å². The molecule has 1 aromatic rings. The summed E-state index contributed by atoms with van der Waals surface area (Å²) >= 11 is 0. The van der Waals surface area contributed by atoms with Crippen LogP contribution in [0.4, 0.5) is 0 Å². The summed E-state index contributed by atoms with van der Waals surface area (Å²) in [6.07, 6.45) is 3.31. The van der Waals surface area contributed by atoms with E-state index in [1.807, 2.05) is 7.05 Å². The maximum absolute atomic E-state index is 4.21. The quantitative estimate of drug-likeness (QED) is 0.767. The largest absolute Gasteiger partial charge is 0.319 e. The Morgan fingerprint density at radius 1 is 1.50 bits per heavy atom. The molecular formula is C10H18N4. The van der Waals surface area contributed by atoms with Crippen molar-refractivity contribution in [3.8, 4) is 0 Å². The molecule has 4 nitrogen and oxygen atoms in total. The second kappa shape index (κ2) is 4.09. The molecule has 1 aromatic heterocycles. The van der Waals surface area contributed by atoms with Gasteiger partial charge >= 0.3 is 0 Å². The SMILES string of the molecule is CCc1nnc2n1C[C@@H](CNC)CC2. The highest BCUT2D eigenvalue weighted by atomic mass is 15.3. The van der Waals surface area contributed by atoms with Gasteiger partial charge in [-0.25, -0.2) is 0 Å². The van der Waals surface area contributed by atoms with Crippen LogP contribution < -0.4 is 5.32 Å². The first-order valence-corrected chi connectivity index (χ1v) is 5.40. The molecule has 2 rings (SSSR count). The number of aryl methyl sites for hydroxylation is 2. The average molecular weight is 194 g/mol. The van der Waals surface area contributed by atoms with Crippen LogP contribution >= 0.6 is 0 Å². The van der Waals surface area contributed by atoms with E-state index in [4.69, 9.17) is 0 Å². The number of hydrogen-bond donors (Lipinski definition) is 1. The van der Waals surface area contributed by atoms with Crippen molar-refractivity contribution in [2.24, 2.45) is 5.92 Å². The monoisotopic (exact) mass is 194 g/mol. The molecule has 1 atom stereocenters. The minimum Gasteiger partial charge on any atom is -0.319 e. The second-order valence-corrected chi connectivity index (χ2v) is 3.96. The molecular weight excluding hydrogens is 176 g/mol. The van der Waals surface area contributed by atoms with E-state index in [0.717, 1.165) is 37.7 Å². The summed E-state index contributed by atoms with van der Waals surface area (Å²) in [5.74, 6) is 3.06. The molecule has 0 radical (unpaired) electrons. The molecule has 14 heavy (non-hydrogen) atoms. The molecule has 1 aliphatic rings. The summed E-state index contributed by atoms with van der Waals surface area (Å²) in [5, 5.41) is 11.7. The van der Waals surface area contributed by atoms with E-state index in [-0.39, 0.29) is 0 Å². The van der Waals surface area contributed by atoms with Crippen LogP contribution in [0.15, 0.2) is 0 Å². The summed E-state index contributed by atoms with van der Waals surface area (Å²) in [5.41, 5.74) is 0. The molecule has 0 saturated heterocycles. The van der Waals surface area contributed by atoms with Gasteiger partial charge in [0.2, 0.25) is 0 Å². The third kappa shape index (κ3) is 1.66. The molecule has 0 aromatic carbocycles. The van der Waals surface area contributed by atoms with E-state index in [0.29, 0.717) is 0 Å². The average Bonchev–Trinajstić information content (AvgIpc) is 2.60. The van der Waals surface area contributed by atoms with Crippen molar-refractivity contribution in [1.29, 1.82) is 0 Å². The molecule has 0 unspecified atom stereocenters. The van der Waals surface area contributed by atoms with Crippen LogP contribution in [0.2, 0.25) is 0 Å². The minimum atomic E-state index is 0.744. The zero-order valence-corrected chi connectivity index (χ0v) is 8.95. The highest BCUT2D eigenvalue weighted by Gasteiger charge is 2.21. The first kappa shape index (κ1) is 9.65. The Kier molecular flexibility index (Phi) is 2.82. The van der Waals surface area contributed by atoms with E-state index < -0.39 is 0 Å². The molecule has 0 saturated carbocycles. The predicted molar refractivity (Wildman–Crippen MR) is 55.1 cm³/mol. The van der Waals surface area contributed by atoms with Gasteiger partial charge in [-0.3, -0.25) is 0 Å². The fourth-order valence-electron chi connectivity index (χ4n) is 2.17. The van der Waals surface area contributed by atoms with Gasteiger partial charge in [0.1, 0.15) is 11.6 Å². The normalized spacial score (nSPS) is 20.9. The maximum atomic E-state index is 4.21. The van der Waals surface area contributed by atoms with Crippen molar-refractivity contribution in [2.75, 3.05) is 13.6 Å². The summed E-state index contributed by atoms with van der Waals surface area (Å²) in [6.45, 7) is 4.33. The van der Waals surface area contributed by atoms with Gasteiger partial charge in [-0.1, -0.05) is 6.92 Å². The fourth-order valence-corrected chi connectivity index (χ4v) is 2.17. The predicted octanol–water partition coefficient (Wildman–Crippen LogP) is 0.622. The van der Waals surface area contributed by atoms with Crippen LogP contribution in [0.5, 0.6) is 0 Å². The second-order valence-electron chi connectivity index (χ2n) is 3.96. The van der Waals surface area contributed by atoms with E-state index >= 15 is 0 Å². The lowest BCUT2D eigenvalue weighted by Crippen LogP contribution is -2.29. The topological polar surface area (TPSA) is 42.7 Å². The van der Waals surface area contributed by atoms with Crippen molar-refractivity contribution in [1.82, 2.24) is 20.1 Å². The lowest BCUT2D eigenvalue weighted by atomic mass is 9.99. The van der Waals surface area contributed by atoms with Gasteiger partial charge < -0.3 is 9.88 Å². The van der Waals surface area contributed by atoms with Gasteiger partial charge in [-0.15, -0.1) is 10.2 Å². The molecule has 0 bridgehead atoms. The Morgan fingerprint density at radius 2 is 2.36 bits per heavy atom. The van der Waals surface area contributed by atoms with Crippen LogP contribution in [0.1, 0.15) is 25.0 Å². The van der Waals surface area contributed by atoms with Crippen molar-refractivity contribution in [2.45, 2.75) is 32.7 Å². The molecule has 78 valence electrons. The molecule has 0 spiro atoms. The standard InChI is InChI=1S/C10H18N4/c1-3-9-12-13-10-5-4-8(6-11-2)7-14(9)10/h8,11H,3-7H2,1-2H3/t8-/m1/s1. The Bertz CT molecular complexity index is 292. The third-order valence-electron chi connectivity index (χ3n) is 2.93. The zero-order chi connectivity index (χ0) is 9.97. The van der Waals surface area contributed by atoms with Gasteiger partial charge in [-0.2, -0.15) is 0 Å². The third-order valence-corrected chi connectivity index (χ3v) is 2.93. The first-order valence-electron chi connectivity index (χ1n) is 5.40. The fraction of sp³-hybridized carbons (Fsp3) is 0.800. The minimum absolute atomic E-state index is 0.744. The number of nitrogens with one attached hydrogen (secondary N) is 1. The molecule has 0 fully saturated rings. The van der Waals surface area contributed by atoms with Gasteiger partial charge in [0.25, 0.3) is 0 Å². The highest BCUT2D eigenvalue weighted by Crippen LogP contribution is 2.19. The summed E-state index contributed by atoms with van der Waals surface area (Å²) in [4.78, 5) is 0. The molecule has 0 amide bonds. The molecule has 4 heteroatoms. The lowest BCUT2D eigenvalue weighted by molar-refractivity contribution is 0.351. The van der Waals surface area contributed by atoms with Gasteiger partial charge in [0, 0.05) is 19.4 Å².